The van der Waals surface area contributed by atoms with Crippen LogP contribution in [0, 0.1) is 5.92 Å². The van der Waals surface area contributed by atoms with Crippen molar-refractivity contribution in [2.24, 2.45) is 5.92 Å². The van der Waals surface area contributed by atoms with Crippen LogP contribution in [-0.2, 0) is 0 Å². The largest absolute Gasteiger partial charge is 0.311 e. The van der Waals surface area contributed by atoms with E-state index in [0.29, 0.717) is 6.04 Å². The molecule has 0 bridgehead atoms. The maximum Gasteiger partial charge on any atom is 0.0221 e. The molecule has 1 rings (SSSR count). The highest BCUT2D eigenvalue weighted by Gasteiger charge is 2.28. The fourth-order valence-corrected chi connectivity index (χ4v) is 3.03. The Morgan fingerprint density at radius 3 is 2.61 bits per heavy atom. The van der Waals surface area contributed by atoms with E-state index in [1.807, 2.05) is 11.8 Å². The van der Waals surface area contributed by atoms with E-state index in [4.69, 9.17) is 0 Å². The van der Waals surface area contributed by atoms with Gasteiger partial charge in [0.2, 0.25) is 0 Å². The summed E-state index contributed by atoms with van der Waals surface area (Å²) in [5.74, 6) is 0.795. The summed E-state index contributed by atoms with van der Waals surface area (Å²) in [6.45, 7) is 13.1. The number of piperazine rings is 1. The van der Waals surface area contributed by atoms with E-state index in [9.17, 15) is 0 Å². The molecule has 1 heterocycles. The van der Waals surface area contributed by atoms with Crippen molar-refractivity contribution in [3.63, 3.8) is 0 Å². The second-order valence-electron chi connectivity index (χ2n) is 5.79. The van der Waals surface area contributed by atoms with E-state index in [0.717, 1.165) is 17.2 Å². The van der Waals surface area contributed by atoms with Crippen LogP contribution >= 0.6 is 11.8 Å². The van der Waals surface area contributed by atoms with Crippen molar-refractivity contribution in [3.8, 4) is 0 Å². The SMILES string of the molecule is CCC(C)C1CN(CCC(C)SC)C(CC)CN1. The first-order valence-corrected chi connectivity index (χ1v) is 8.91. The maximum absolute atomic E-state index is 3.76. The fraction of sp³-hybridized carbons (Fsp3) is 1.00. The Morgan fingerprint density at radius 1 is 1.33 bits per heavy atom. The van der Waals surface area contributed by atoms with Crippen LogP contribution in [-0.4, -0.2) is 48.1 Å². The molecule has 4 atom stereocenters. The molecule has 0 spiro atoms. The third-order valence-corrected chi connectivity index (χ3v) is 5.63. The van der Waals surface area contributed by atoms with E-state index in [2.05, 4.69) is 44.2 Å². The number of hydrogen-bond acceptors (Lipinski definition) is 3. The predicted octanol–water partition coefficient (Wildman–Crippen LogP) is 3.23. The Labute approximate surface area is 118 Å². The molecule has 1 aliphatic rings. The van der Waals surface area contributed by atoms with Gasteiger partial charge in [-0.25, -0.2) is 0 Å². The molecule has 1 fully saturated rings. The summed E-state index contributed by atoms with van der Waals surface area (Å²) in [7, 11) is 0. The molecule has 2 nitrogen and oxygen atoms in total. The van der Waals surface area contributed by atoms with Crippen molar-refractivity contribution in [1.29, 1.82) is 0 Å². The number of hydrogen-bond donors (Lipinski definition) is 1. The van der Waals surface area contributed by atoms with Gasteiger partial charge in [0.15, 0.2) is 0 Å². The minimum Gasteiger partial charge on any atom is -0.311 e. The average molecular weight is 273 g/mol. The zero-order chi connectivity index (χ0) is 13.5. The molecule has 1 saturated heterocycles. The van der Waals surface area contributed by atoms with Crippen LogP contribution in [0.2, 0.25) is 0 Å². The lowest BCUT2D eigenvalue weighted by Gasteiger charge is -2.42. The molecular formula is C15H32N2S. The van der Waals surface area contributed by atoms with Gasteiger partial charge in [-0.3, -0.25) is 4.90 Å². The fourth-order valence-electron chi connectivity index (χ4n) is 2.69. The van der Waals surface area contributed by atoms with Gasteiger partial charge in [0.25, 0.3) is 0 Å². The van der Waals surface area contributed by atoms with Crippen molar-refractivity contribution in [2.75, 3.05) is 25.9 Å². The normalized spacial score (nSPS) is 29.2. The van der Waals surface area contributed by atoms with Crippen LogP contribution < -0.4 is 5.32 Å². The van der Waals surface area contributed by atoms with Crippen molar-refractivity contribution in [2.45, 2.75) is 64.3 Å². The van der Waals surface area contributed by atoms with Gasteiger partial charge in [0.05, 0.1) is 0 Å². The summed E-state index contributed by atoms with van der Waals surface area (Å²) < 4.78 is 0. The van der Waals surface area contributed by atoms with Gasteiger partial charge in [-0.15, -0.1) is 0 Å². The van der Waals surface area contributed by atoms with Crippen LogP contribution in [0.15, 0.2) is 0 Å². The smallest absolute Gasteiger partial charge is 0.0221 e. The maximum atomic E-state index is 3.76. The summed E-state index contributed by atoms with van der Waals surface area (Å²) >= 11 is 1.99. The molecule has 1 N–H and O–H groups in total. The summed E-state index contributed by atoms with van der Waals surface area (Å²) in [5.41, 5.74) is 0. The lowest BCUT2D eigenvalue weighted by molar-refractivity contribution is 0.105. The summed E-state index contributed by atoms with van der Waals surface area (Å²) in [6.07, 6.45) is 6.10. The highest BCUT2D eigenvalue weighted by molar-refractivity contribution is 7.99. The number of rotatable bonds is 7. The van der Waals surface area contributed by atoms with E-state index in [1.165, 1.54) is 38.9 Å². The van der Waals surface area contributed by atoms with E-state index >= 15 is 0 Å². The zero-order valence-corrected chi connectivity index (χ0v) is 13.7. The van der Waals surface area contributed by atoms with Gasteiger partial charge >= 0.3 is 0 Å². The molecule has 18 heavy (non-hydrogen) atoms. The van der Waals surface area contributed by atoms with Crippen LogP contribution in [0.5, 0.6) is 0 Å². The molecule has 0 saturated carbocycles. The molecule has 0 aromatic carbocycles. The predicted molar refractivity (Wildman–Crippen MR) is 84.5 cm³/mol. The summed E-state index contributed by atoms with van der Waals surface area (Å²) in [6, 6.07) is 1.45. The van der Waals surface area contributed by atoms with Gasteiger partial charge in [0, 0.05) is 30.4 Å². The lowest BCUT2D eigenvalue weighted by Crippen LogP contribution is -2.58. The van der Waals surface area contributed by atoms with E-state index < -0.39 is 0 Å². The van der Waals surface area contributed by atoms with E-state index in [-0.39, 0.29) is 0 Å². The van der Waals surface area contributed by atoms with Crippen LogP contribution in [0.1, 0.15) is 47.0 Å². The minimum atomic E-state index is 0.697. The molecule has 0 aromatic rings. The first-order chi connectivity index (χ1) is 8.62. The Hall–Kier alpha value is 0.270. The Morgan fingerprint density at radius 2 is 2.06 bits per heavy atom. The topological polar surface area (TPSA) is 15.3 Å². The Kier molecular flexibility index (Phi) is 7.66. The van der Waals surface area contributed by atoms with Crippen molar-refractivity contribution >= 4 is 11.8 Å². The molecule has 0 amide bonds. The van der Waals surface area contributed by atoms with Gasteiger partial charge < -0.3 is 5.32 Å². The summed E-state index contributed by atoms with van der Waals surface area (Å²) in [4.78, 5) is 2.74. The van der Waals surface area contributed by atoms with Crippen molar-refractivity contribution < 1.29 is 0 Å². The first-order valence-electron chi connectivity index (χ1n) is 7.62. The van der Waals surface area contributed by atoms with Crippen LogP contribution in [0.25, 0.3) is 0 Å². The van der Waals surface area contributed by atoms with E-state index in [1.54, 1.807) is 0 Å². The molecular weight excluding hydrogens is 240 g/mol. The van der Waals surface area contributed by atoms with Gasteiger partial charge in [-0.05, 0) is 31.6 Å². The van der Waals surface area contributed by atoms with Crippen molar-refractivity contribution in [1.82, 2.24) is 10.2 Å². The molecule has 0 radical (unpaired) electrons. The third kappa shape index (κ3) is 4.75. The minimum absolute atomic E-state index is 0.697. The highest BCUT2D eigenvalue weighted by Crippen LogP contribution is 2.19. The molecule has 3 heteroatoms. The molecule has 4 unspecified atom stereocenters. The average Bonchev–Trinajstić information content (AvgIpc) is 2.43. The number of thioether (sulfide) groups is 1. The Bertz CT molecular complexity index is 223. The second kappa shape index (κ2) is 8.44. The molecule has 0 aromatic heterocycles. The van der Waals surface area contributed by atoms with Crippen molar-refractivity contribution in [3.05, 3.63) is 0 Å². The lowest BCUT2D eigenvalue weighted by atomic mass is 9.94. The molecule has 0 aliphatic carbocycles. The monoisotopic (exact) mass is 272 g/mol. The van der Waals surface area contributed by atoms with Crippen LogP contribution in [0.4, 0.5) is 0 Å². The quantitative estimate of drug-likeness (QED) is 0.766. The third-order valence-electron chi connectivity index (χ3n) is 4.59. The van der Waals surface area contributed by atoms with Crippen LogP contribution in [0.3, 0.4) is 0 Å². The van der Waals surface area contributed by atoms with Gasteiger partial charge in [0.1, 0.15) is 0 Å². The number of nitrogens with one attached hydrogen (secondary N) is 1. The Balaban J connectivity index is 2.48. The second-order valence-corrected chi connectivity index (χ2v) is 7.07. The molecule has 1 aliphatic heterocycles. The number of nitrogens with zero attached hydrogens (tertiary/aromatic N) is 1. The van der Waals surface area contributed by atoms with Gasteiger partial charge in [-0.1, -0.05) is 34.1 Å². The highest BCUT2D eigenvalue weighted by atomic mass is 32.2. The standard InChI is InChI=1S/C15H32N2S/c1-6-12(3)15-11-17(9-8-13(4)18-5)14(7-2)10-16-15/h12-16H,6-11H2,1-5H3. The first kappa shape index (κ1) is 16.3. The molecule has 108 valence electrons. The summed E-state index contributed by atoms with van der Waals surface area (Å²) in [5, 5.41) is 4.55. The zero-order valence-electron chi connectivity index (χ0n) is 12.9. The van der Waals surface area contributed by atoms with Gasteiger partial charge in [-0.2, -0.15) is 11.8 Å².